The first-order chi connectivity index (χ1) is 27.5. The number of nitrogens with zero attached hydrogens (tertiary/aromatic N) is 3. The van der Waals surface area contributed by atoms with Crippen LogP contribution in [-0.4, -0.2) is 109 Å². The third kappa shape index (κ3) is 11.7. The van der Waals surface area contributed by atoms with Crippen molar-refractivity contribution in [3.8, 4) is 5.75 Å². The van der Waals surface area contributed by atoms with E-state index < -0.39 is 54.9 Å². The molecule has 12 nitrogen and oxygen atoms in total. The lowest BCUT2D eigenvalue weighted by atomic mass is 9.79. The van der Waals surface area contributed by atoms with Gasteiger partial charge in [0.05, 0.1) is 44.4 Å². The zero-order valence-electron chi connectivity index (χ0n) is 32.1. The van der Waals surface area contributed by atoms with Crippen LogP contribution < -0.4 is 4.74 Å². The molecule has 1 saturated heterocycles. The second-order valence-corrected chi connectivity index (χ2v) is 14.6. The number of unbranched alkanes of at least 4 members (excludes halogenated alkanes) is 1. The molecule has 1 heterocycles. The van der Waals surface area contributed by atoms with Gasteiger partial charge in [-0.05, 0) is 78.7 Å². The number of carbonyl (C=O) groups is 2. The number of aliphatic hydroxyl groups is 6. The molecule has 1 aliphatic heterocycles. The van der Waals surface area contributed by atoms with Crippen molar-refractivity contribution in [2.45, 2.75) is 81.8 Å². The fraction of sp³-hybridized carbons (Fsp3) is 0.409. The minimum atomic E-state index is -1.75. The molecule has 4 aromatic carbocycles. The van der Waals surface area contributed by atoms with E-state index in [0.29, 0.717) is 43.7 Å². The van der Waals surface area contributed by atoms with E-state index in [-0.39, 0.29) is 37.7 Å². The van der Waals surface area contributed by atoms with Gasteiger partial charge >= 0.3 is 0 Å². The number of amides is 2. The summed E-state index contributed by atoms with van der Waals surface area (Å²) in [7, 11) is 1.56. The molecule has 0 aliphatic carbocycles. The number of hydrogen-bond acceptors (Lipinski definition) is 10. The van der Waals surface area contributed by atoms with Gasteiger partial charge in [-0.15, -0.1) is 0 Å². The summed E-state index contributed by atoms with van der Waals surface area (Å²) in [5.74, 6) is -0.819. The van der Waals surface area contributed by atoms with Crippen LogP contribution in [0.4, 0.5) is 4.39 Å². The van der Waals surface area contributed by atoms with Crippen LogP contribution in [0.1, 0.15) is 66.5 Å². The first-order valence-corrected chi connectivity index (χ1v) is 19.3. The van der Waals surface area contributed by atoms with Crippen molar-refractivity contribution < 1.29 is 49.4 Å². The lowest BCUT2D eigenvalue weighted by molar-refractivity contribution is -0.200. The Morgan fingerprint density at radius 1 is 0.789 bits per heavy atom. The molecular formula is C44H54FN3O9. The van der Waals surface area contributed by atoms with Crippen molar-refractivity contribution in [2.24, 2.45) is 5.92 Å². The van der Waals surface area contributed by atoms with E-state index in [1.54, 1.807) is 19.2 Å². The number of methoxy groups -OCH3 is 1. The monoisotopic (exact) mass is 787 g/mol. The summed E-state index contributed by atoms with van der Waals surface area (Å²) >= 11 is 0. The highest BCUT2D eigenvalue weighted by atomic mass is 19.1. The summed E-state index contributed by atoms with van der Waals surface area (Å²) in [6, 6.07) is 31.3. The molecule has 13 heteroatoms. The van der Waals surface area contributed by atoms with Crippen LogP contribution in [0.25, 0.3) is 0 Å². The van der Waals surface area contributed by atoms with E-state index >= 15 is 0 Å². The molecular weight excluding hydrogens is 733 g/mol. The molecule has 6 N–H and O–H groups in total. The minimum absolute atomic E-state index is 0.0532. The van der Waals surface area contributed by atoms with E-state index in [1.807, 2.05) is 77.7 Å². The van der Waals surface area contributed by atoms with Crippen LogP contribution >= 0.6 is 0 Å². The fourth-order valence-corrected chi connectivity index (χ4v) is 7.24. The maximum Gasteiger partial charge on any atom is 0.247 e. The summed E-state index contributed by atoms with van der Waals surface area (Å²) < 4.78 is 18.9. The Labute approximate surface area is 333 Å². The van der Waals surface area contributed by atoms with E-state index in [0.717, 1.165) is 16.7 Å². The van der Waals surface area contributed by atoms with E-state index in [1.165, 1.54) is 34.3 Å². The van der Waals surface area contributed by atoms with Gasteiger partial charge in [0, 0.05) is 19.5 Å². The van der Waals surface area contributed by atoms with Crippen molar-refractivity contribution >= 4 is 11.8 Å². The minimum Gasteiger partial charge on any atom is -0.497 e. The Balaban J connectivity index is 1.31. The highest BCUT2D eigenvalue weighted by Crippen LogP contribution is 2.45. The highest BCUT2D eigenvalue weighted by molar-refractivity contribution is 5.89. The van der Waals surface area contributed by atoms with Crippen LogP contribution in [0.2, 0.25) is 0 Å². The number of hydrazine groups is 1. The van der Waals surface area contributed by atoms with Gasteiger partial charge in [0.1, 0.15) is 29.9 Å². The van der Waals surface area contributed by atoms with Crippen molar-refractivity contribution in [1.29, 1.82) is 0 Å². The molecule has 4 aromatic rings. The molecule has 2 amide bonds. The van der Waals surface area contributed by atoms with Crippen LogP contribution in [0.15, 0.2) is 109 Å². The Hall–Kier alpha value is -4.73. The lowest BCUT2D eigenvalue weighted by Gasteiger charge is -2.52. The van der Waals surface area contributed by atoms with Gasteiger partial charge in [0.15, 0.2) is 0 Å². The van der Waals surface area contributed by atoms with Gasteiger partial charge in [0.25, 0.3) is 0 Å². The van der Waals surface area contributed by atoms with E-state index in [9.17, 15) is 44.6 Å². The average molecular weight is 788 g/mol. The summed E-state index contributed by atoms with van der Waals surface area (Å²) in [5.41, 5.74) is 3.13. The maximum atomic E-state index is 14.2. The molecule has 306 valence electrons. The topological polar surface area (TPSA) is 174 Å². The summed E-state index contributed by atoms with van der Waals surface area (Å²) in [6.07, 6.45) is -5.79. The molecule has 57 heavy (non-hydrogen) atoms. The predicted octanol–water partition coefficient (Wildman–Crippen LogP) is 3.90. The number of aliphatic hydroxyl groups excluding tert-OH is 6. The Bertz CT molecular complexity index is 1820. The first-order valence-electron chi connectivity index (χ1n) is 19.3. The van der Waals surface area contributed by atoms with Crippen molar-refractivity contribution in [3.63, 3.8) is 0 Å². The molecule has 0 bridgehead atoms. The zero-order chi connectivity index (χ0) is 40.9. The van der Waals surface area contributed by atoms with Crippen LogP contribution in [0, 0.1) is 11.7 Å². The number of rotatable bonds is 22. The quantitative estimate of drug-likeness (QED) is 0.0507. The molecule has 0 aromatic heterocycles. The average Bonchev–Trinajstić information content (AvgIpc) is 3.23. The smallest absolute Gasteiger partial charge is 0.247 e. The largest absolute Gasteiger partial charge is 0.497 e. The van der Waals surface area contributed by atoms with Gasteiger partial charge in [-0.2, -0.15) is 0 Å². The molecule has 7 atom stereocenters. The number of benzene rings is 4. The predicted molar refractivity (Wildman–Crippen MR) is 210 cm³/mol. The van der Waals surface area contributed by atoms with Gasteiger partial charge in [-0.1, -0.05) is 84.9 Å². The van der Waals surface area contributed by atoms with E-state index in [4.69, 9.17) is 4.74 Å². The van der Waals surface area contributed by atoms with Crippen molar-refractivity contribution in [3.05, 3.63) is 137 Å². The highest BCUT2D eigenvalue weighted by Gasteiger charge is 2.51. The number of halogens is 1. The van der Waals surface area contributed by atoms with E-state index in [2.05, 4.69) is 0 Å². The number of ether oxygens (including phenoxy) is 1. The number of hydrogen-bond donors (Lipinski definition) is 6. The summed E-state index contributed by atoms with van der Waals surface area (Å²) in [4.78, 5) is 30.3. The van der Waals surface area contributed by atoms with Gasteiger partial charge in [-0.3, -0.25) is 14.5 Å². The second-order valence-electron chi connectivity index (χ2n) is 14.6. The number of β-lactam (4-membered cyclic amide) rings is 1. The summed E-state index contributed by atoms with van der Waals surface area (Å²) in [6.45, 7) is 0.135. The first kappa shape index (κ1) is 43.4. The summed E-state index contributed by atoms with van der Waals surface area (Å²) in [5, 5.41) is 64.4. The molecule has 7 unspecified atom stereocenters. The Kier molecular flexibility index (Phi) is 16.1. The van der Waals surface area contributed by atoms with Crippen LogP contribution in [-0.2, 0) is 22.7 Å². The Morgan fingerprint density at radius 2 is 1.39 bits per heavy atom. The third-order valence-electron chi connectivity index (χ3n) is 10.5. The number of carbonyl (C=O) groups excluding carboxylic acids is 2. The van der Waals surface area contributed by atoms with Crippen LogP contribution in [0.5, 0.6) is 5.75 Å². The molecule has 0 spiro atoms. The SMILES string of the molecule is COc1ccc(C2C(CCC(O)c3ccc(F)cc3)C(=O)N2N(Cc2ccccc2)C(=O)CCCCN(Cc2ccccc2)CC(O)C(O)C(O)C(O)CO)cc1. The molecule has 0 radical (unpaired) electrons. The standard InChI is InChI=1S/C44H54FN3O9/c1-57-35-21-17-33(18-22-35)41-36(23-24-37(50)32-15-19-34(45)20-16-32)44(56)48(41)47(27-31-12-6-3-7-13-31)40(53)14-8-9-25-46(26-30-10-4-2-5-11-30)28-38(51)42(54)43(55)39(52)29-49/h2-7,10-13,15-22,36-39,41-43,49-52,54-55H,8-9,14,23-29H2,1H3. The Morgan fingerprint density at radius 3 is 1.98 bits per heavy atom. The normalized spacial score (nSPS) is 18.1. The maximum absolute atomic E-state index is 14.2. The molecule has 0 saturated carbocycles. The zero-order valence-corrected chi connectivity index (χ0v) is 32.1. The van der Waals surface area contributed by atoms with Gasteiger partial charge in [0.2, 0.25) is 11.8 Å². The second kappa shape index (κ2) is 21.1. The van der Waals surface area contributed by atoms with Gasteiger partial charge in [-0.25, -0.2) is 14.4 Å². The van der Waals surface area contributed by atoms with Crippen molar-refractivity contribution in [1.82, 2.24) is 14.9 Å². The molecule has 1 aliphatic rings. The molecule has 5 rings (SSSR count). The van der Waals surface area contributed by atoms with Crippen LogP contribution in [0.3, 0.4) is 0 Å². The molecule has 1 fully saturated rings. The third-order valence-corrected chi connectivity index (χ3v) is 10.5. The fourth-order valence-electron chi connectivity index (χ4n) is 7.24. The lowest BCUT2D eigenvalue weighted by Crippen LogP contribution is -2.63. The van der Waals surface area contributed by atoms with Crippen molar-refractivity contribution in [2.75, 3.05) is 26.8 Å². The van der Waals surface area contributed by atoms with Gasteiger partial charge < -0.3 is 35.4 Å².